The molecular formula is C20H26INO8. The fourth-order valence-electron chi connectivity index (χ4n) is 4.25. The van der Waals surface area contributed by atoms with Gasteiger partial charge in [-0.15, -0.1) is 0 Å². The van der Waals surface area contributed by atoms with E-state index < -0.39 is 24.1 Å². The van der Waals surface area contributed by atoms with Gasteiger partial charge < -0.3 is 25.2 Å². The number of aliphatic hydroxyl groups is 2. The molecule has 1 aromatic carbocycles. The minimum Gasteiger partial charge on any atom is -0.479 e. The van der Waals surface area contributed by atoms with Crippen molar-refractivity contribution in [1.82, 2.24) is 4.90 Å². The van der Waals surface area contributed by atoms with E-state index >= 15 is 0 Å². The standard InChI is InChI=1S/C16H20INO2.C4H6O6/c1-18-12-7-8-14(18)15(16(19)20-2)13(9-12)10-3-5-11(17)6-4-10;5-1(3(7)8)2(6)4(9)10/h3-6,12-15H,7-9H2,1-2H3;1-2,5-6H,(H,7,8)(H,9,10). The number of fused-ring (bicyclic) bond motifs is 2. The van der Waals surface area contributed by atoms with Crippen LogP contribution in [0, 0.1) is 9.49 Å². The topological polar surface area (TPSA) is 145 Å². The average Bonchev–Trinajstić information content (AvgIpc) is 2.95. The zero-order chi connectivity index (χ0) is 22.6. The smallest absolute Gasteiger partial charge is 0.335 e. The number of carbonyl (C=O) groups excluding carboxylic acids is 1. The summed E-state index contributed by atoms with van der Waals surface area (Å²) in [6.45, 7) is 0. The summed E-state index contributed by atoms with van der Waals surface area (Å²) >= 11 is 2.32. The summed E-state index contributed by atoms with van der Waals surface area (Å²) in [4.78, 5) is 34.2. The normalized spacial score (nSPS) is 27.4. The van der Waals surface area contributed by atoms with Crippen LogP contribution in [0.25, 0.3) is 0 Å². The highest BCUT2D eigenvalue weighted by molar-refractivity contribution is 14.1. The maximum Gasteiger partial charge on any atom is 0.335 e. The molecule has 30 heavy (non-hydrogen) atoms. The molecule has 2 heterocycles. The van der Waals surface area contributed by atoms with Crippen LogP contribution in [0.5, 0.6) is 0 Å². The zero-order valence-electron chi connectivity index (χ0n) is 16.6. The molecule has 2 saturated heterocycles. The maximum atomic E-state index is 12.3. The van der Waals surface area contributed by atoms with Gasteiger partial charge in [0.1, 0.15) is 0 Å². The molecule has 10 heteroatoms. The third-order valence-corrected chi connectivity index (χ3v) is 6.56. The molecule has 6 atom stereocenters. The fraction of sp³-hybridized carbons (Fsp3) is 0.550. The first-order chi connectivity index (χ1) is 14.1. The molecule has 6 unspecified atom stereocenters. The molecule has 2 aliphatic heterocycles. The Kier molecular flexibility index (Phi) is 8.59. The van der Waals surface area contributed by atoms with Gasteiger partial charge in [0.15, 0.2) is 12.2 Å². The van der Waals surface area contributed by atoms with E-state index in [-0.39, 0.29) is 11.9 Å². The largest absolute Gasteiger partial charge is 0.479 e. The highest BCUT2D eigenvalue weighted by atomic mass is 127. The second-order valence-corrected chi connectivity index (χ2v) is 8.72. The number of aliphatic carboxylic acids is 2. The van der Waals surface area contributed by atoms with Gasteiger partial charge in [0, 0.05) is 21.6 Å². The van der Waals surface area contributed by atoms with Gasteiger partial charge in [-0.2, -0.15) is 0 Å². The number of halogens is 1. The Labute approximate surface area is 187 Å². The molecule has 2 aliphatic rings. The van der Waals surface area contributed by atoms with E-state index in [1.165, 1.54) is 22.7 Å². The van der Waals surface area contributed by atoms with E-state index in [4.69, 9.17) is 25.2 Å². The molecule has 0 spiro atoms. The number of carboxylic acids is 2. The third-order valence-electron chi connectivity index (χ3n) is 5.85. The van der Waals surface area contributed by atoms with Gasteiger partial charge >= 0.3 is 17.9 Å². The molecule has 9 nitrogen and oxygen atoms in total. The van der Waals surface area contributed by atoms with Crippen molar-refractivity contribution in [2.24, 2.45) is 5.92 Å². The zero-order valence-corrected chi connectivity index (χ0v) is 18.8. The van der Waals surface area contributed by atoms with Crippen LogP contribution >= 0.6 is 22.6 Å². The van der Waals surface area contributed by atoms with Gasteiger partial charge in [0.25, 0.3) is 0 Å². The van der Waals surface area contributed by atoms with Gasteiger partial charge in [0.2, 0.25) is 0 Å². The van der Waals surface area contributed by atoms with Gasteiger partial charge in [-0.05, 0) is 66.6 Å². The molecule has 2 fully saturated rings. The van der Waals surface area contributed by atoms with Gasteiger partial charge in [-0.1, -0.05) is 12.1 Å². The van der Waals surface area contributed by atoms with E-state index in [1.807, 2.05) is 0 Å². The number of ether oxygens (including phenoxy) is 1. The van der Waals surface area contributed by atoms with E-state index in [0.29, 0.717) is 18.0 Å². The van der Waals surface area contributed by atoms with E-state index in [0.717, 1.165) is 12.8 Å². The van der Waals surface area contributed by atoms with Crippen LogP contribution in [0.4, 0.5) is 0 Å². The van der Waals surface area contributed by atoms with Crippen molar-refractivity contribution in [1.29, 1.82) is 0 Å². The second-order valence-electron chi connectivity index (χ2n) is 7.47. The summed E-state index contributed by atoms with van der Waals surface area (Å²) in [7, 11) is 3.66. The highest BCUT2D eigenvalue weighted by Gasteiger charge is 2.49. The van der Waals surface area contributed by atoms with Crippen molar-refractivity contribution in [3.05, 3.63) is 33.4 Å². The number of methoxy groups -OCH3 is 1. The van der Waals surface area contributed by atoms with Crippen LogP contribution in [0.2, 0.25) is 0 Å². The molecule has 4 N–H and O–H groups in total. The van der Waals surface area contributed by atoms with Gasteiger partial charge in [-0.3, -0.25) is 9.69 Å². The van der Waals surface area contributed by atoms with E-state index in [9.17, 15) is 14.4 Å². The number of benzene rings is 1. The van der Waals surface area contributed by atoms with Gasteiger partial charge in [-0.25, -0.2) is 9.59 Å². The number of hydrogen-bond donors (Lipinski definition) is 4. The van der Waals surface area contributed by atoms with Crippen LogP contribution in [-0.2, 0) is 19.1 Å². The maximum absolute atomic E-state index is 12.3. The lowest BCUT2D eigenvalue weighted by molar-refractivity contribution is -0.165. The summed E-state index contributed by atoms with van der Waals surface area (Å²) < 4.78 is 6.33. The average molecular weight is 535 g/mol. The second kappa shape index (κ2) is 10.5. The molecular weight excluding hydrogens is 509 g/mol. The number of aliphatic hydroxyl groups excluding tert-OH is 2. The van der Waals surface area contributed by atoms with Crippen LogP contribution in [0.1, 0.15) is 30.7 Å². The summed E-state index contributed by atoms with van der Waals surface area (Å²) in [5.74, 6) is -3.31. The van der Waals surface area contributed by atoms with Crippen LogP contribution in [0.3, 0.4) is 0 Å². The van der Waals surface area contributed by atoms with Crippen molar-refractivity contribution >= 4 is 40.5 Å². The third kappa shape index (κ3) is 5.48. The lowest BCUT2D eigenvalue weighted by Gasteiger charge is -2.41. The Balaban J connectivity index is 0.000000274. The number of carboxylic acid groups (broad SMARTS) is 2. The number of piperidine rings is 1. The Hall–Kier alpha value is -1.76. The molecule has 1 aromatic rings. The van der Waals surface area contributed by atoms with Gasteiger partial charge in [0.05, 0.1) is 13.0 Å². The minimum absolute atomic E-state index is 0.0242. The first kappa shape index (κ1) is 24.5. The Bertz CT molecular complexity index is 753. The van der Waals surface area contributed by atoms with Crippen molar-refractivity contribution in [3.8, 4) is 0 Å². The molecule has 2 bridgehead atoms. The van der Waals surface area contributed by atoms with Crippen LogP contribution in [0.15, 0.2) is 24.3 Å². The minimum atomic E-state index is -2.27. The molecule has 0 amide bonds. The number of esters is 1. The first-order valence-corrected chi connectivity index (χ1v) is 10.5. The Morgan fingerprint density at radius 3 is 2.07 bits per heavy atom. The fourth-order valence-corrected chi connectivity index (χ4v) is 4.61. The number of hydrogen-bond acceptors (Lipinski definition) is 7. The lowest BCUT2D eigenvalue weighted by Crippen LogP contribution is -2.49. The monoisotopic (exact) mass is 535 g/mol. The predicted octanol–water partition coefficient (Wildman–Crippen LogP) is 0.908. The Morgan fingerprint density at radius 2 is 1.60 bits per heavy atom. The number of carbonyl (C=O) groups is 3. The van der Waals surface area contributed by atoms with Crippen molar-refractivity contribution in [2.45, 2.75) is 49.5 Å². The first-order valence-electron chi connectivity index (χ1n) is 9.45. The lowest BCUT2D eigenvalue weighted by atomic mass is 9.76. The van der Waals surface area contributed by atoms with E-state index in [1.54, 1.807) is 0 Å². The molecule has 0 aromatic heterocycles. The van der Waals surface area contributed by atoms with Crippen molar-refractivity contribution < 1.29 is 39.5 Å². The van der Waals surface area contributed by atoms with Crippen LogP contribution in [-0.4, -0.2) is 81.7 Å². The number of rotatable bonds is 5. The van der Waals surface area contributed by atoms with Crippen molar-refractivity contribution in [3.63, 3.8) is 0 Å². The number of nitrogens with zero attached hydrogens (tertiary/aromatic N) is 1. The molecule has 3 rings (SSSR count). The van der Waals surface area contributed by atoms with E-state index in [2.05, 4.69) is 58.8 Å². The van der Waals surface area contributed by atoms with Crippen molar-refractivity contribution in [2.75, 3.05) is 14.2 Å². The Morgan fingerprint density at radius 1 is 1.07 bits per heavy atom. The summed E-state index contributed by atoms with van der Waals surface area (Å²) in [5, 5.41) is 32.5. The molecule has 0 saturated carbocycles. The quantitative estimate of drug-likeness (QED) is 0.320. The van der Waals surface area contributed by atoms with Crippen LogP contribution < -0.4 is 0 Å². The summed E-state index contributed by atoms with van der Waals surface area (Å²) in [6, 6.07) is 9.56. The molecule has 0 radical (unpaired) electrons. The molecule has 166 valence electrons. The summed E-state index contributed by atoms with van der Waals surface area (Å²) in [6.07, 6.45) is -1.15. The molecule has 0 aliphatic carbocycles. The summed E-state index contributed by atoms with van der Waals surface area (Å²) in [5.41, 5.74) is 1.28. The highest BCUT2D eigenvalue weighted by Crippen LogP contribution is 2.46. The predicted molar refractivity (Wildman–Crippen MR) is 114 cm³/mol. The SMILES string of the molecule is COC(=O)C1C(c2ccc(I)cc2)CC2CCC1N2C.O=C(O)C(O)C(O)C(=O)O.